The third-order valence-corrected chi connectivity index (χ3v) is 5.45. The number of nitrogens with zero attached hydrogens (tertiary/aromatic N) is 4. The van der Waals surface area contributed by atoms with E-state index in [2.05, 4.69) is 20.3 Å². The molecule has 0 saturated heterocycles. The molecule has 4 N–H and O–H groups in total. The molecule has 0 amide bonds. The van der Waals surface area contributed by atoms with Crippen molar-refractivity contribution in [3.63, 3.8) is 0 Å². The zero-order valence-corrected chi connectivity index (χ0v) is 21.3. The molecular weight excluding hydrogens is 503 g/mol. The fraction of sp³-hybridized carbons (Fsp3) is 0.320. The number of ether oxygens (including phenoxy) is 2. The van der Waals surface area contributed by atoms with Crippen molar-refractivity contribution in [1.82, 2.24) is 24.8 Å². The minimum atomic E-state index is -4.24. The predicted octanol–water partition coefficient (Wildman–Crippen LogP) is 3.82. The number of halogens is 3. The highest BCUT2D eigenvalue weighted by atomic mass is 19.4. The van der Waals surface area contributed by atoms with Crippen LogP contribution >= 0.6 is 0 Å². The number of aromatic nitrogens is 4. The Hall–Kier alpha value is -4.42. The van der Waals surface area contributed by atoms with Gasteiger partial charge in [0.1, 0.15) is 28.6 Å². The van der Waals surface area contributed by atoms with Gasteiger partial charge < -0.3 is 30.5 Å². The minimum absolute atomic E-state index is 0.0363. The molecule has 0 fully saturated rings. The average molecular weight is 532 g/mol. The molecule has 0 saturated carbocycles. The molecule has 0 unspecified atom stereocenters. The molecule has 0 radical (unpaired) electrons. The number of hydrogen-bond donors (Lipinski definition) is 3. The van der Waals surface area contributed by atoms with E-state index in [0.29, 0.717) is 22.6 Å². The monoisotopic (exact) mass is 531 g/mol. The lowest BCUT2D eigenvalue weighted by molar-refractivity contribution is -0.135. The number of nitrogens with two attached hydrogens (primary N) is 1. The van der Waals surface area contributed by atoms with Crippen LogP contribution in [0.4, 0.5) is 19.0 Å². The Morgan fingerprint density at radius 3 is 2.39 bits per heavy atom. The Kier molecular flexibility index (Phi) is 8.71. The maximum atomic E-state index is 13.0. The number of methoxy groups -OCH3 is 2. The summed E-state index contributed by atoms with van der Waals surface area (Å²) in [5, 5.41) is 10.9. The van der Waals surface area contributed by atoms with E-state index in [0.717, 1.165) is 0 Å². The molecule has 3 aromatic rings. The lowest BCUT2D eigenvalue weighted by Crippen LogP contribution is -2.21. The van der Waals surface area contributed by atoms with Gasteiger partial charge >= 0.3 is 6.18 Å². The smallest absolute Gasteiger partial charge is 0.389 e. The SMILES string of the molecule is COc1cc(OC)cc(-c2nc(-c3nc(/C(=C/NCCCC(F)(F)F)C(C)=N)cnc3N)cn(C)c2=O)c1. The van der Waals surface area contributed by atoms with Crippen LogP contribution in [0.3, 0.4) is 0 Å². The zero-order valence-electron chi connectivity index (χ0n) is 21.3. The zero-order chi connectivity index (χ0) is 28.0. The summed E-state index contributed by atoms with van der Waals surface area (Å²) < 4.78 is 49.1. The molecule has 0 bridgehead atoms. The summed E-state index contributed by atoms with van der Waals surface area (Å²) in [7, 11) is 4.54. The van der Waals surface area contributed by atoms with Crippen LogP contribution in [0.1, 0.15) is 25.5 Å². The number of alkyl halides is 3. The van der Waals surface area contributed by atoms with Gasteiger partial charge in [-0.1, -0.05) is 0 Å². The topological polar surface area (TPSA) is 141 Å². The lowest BCUT2D eigenvalue weighted by atomic mass is 10.1. The minimum Gasteiger partial charge on any atom is -0.497 e. The van der Waals surface area contributed by atoms with Gasteiger partial charge in [0, 0.05) is 55.3 Å². The number of benzene rings is 1. The Balaban J connectivity index is 2.03. The molecule has 13 heteroatoms. The fourth-order valence-corrected chi connectivity index (χ4v) is 3.51. The Morgan fingerprint density at radius 1 is 1.16 bits per heavy atom. The summed E-state index contributed by atoms with van der Waals surface area (Å²) in [6, 6.07) is 4.95. The van der Waals surface area contributed by atoms with Gasteiger partial charge in [-0.15, -0.1) is 0 Å². The highest BCUT2D eigenvalue weighted by Gasteiger charge is 2.25. The van der Waals surface area contributed by atoms with Crippen molar-refractivity contribution in [2.24, 2.45) is 7.05 Å². The van der Waals surface area contributed by atoms with Gasteiger partial charge in [0.2, 0.25) is 0 Å². The van der Waals surface area contributed by atoms with Crippen molar-refractivity contribution in [2.75, 3.05) is 26.5 Å². The average Bonchev–Trinajstić information content (AvgIpc) is 2.87. The quantitative estimate of drug-likeness (QED) is 0.265. The van der Waals surface area contributed by atoms with E-state index in [9.17, 15) is 18.0 Å². The summed E-state index contributed by atoms with van der Waals surface area (Å²) in [5.74, 6) is 0.969. The third kappa shape index (κ3) is 6.87. The molecule has 0 atom stereocenters. The number of nitrogen functional groups attached to an aromatic ring is 1. The van der Waals surface area contributed by atoms with Gasteiger partial charge in [0.15, 0.2) is 5.82 Å². The second kappa shape index (κ2) is 11.8. The van der Waals surface area contributed by atoms with Crippen LogP contribution in [0.25, 0.3) is 28.2 Å². The highest BCUT2D eigenvalue weighted by Crippen LogP contribution is 2.29. The van der Waals surface area contributed by atoms with Crippen LogP contribution in [0.2, 0.25) is 0 Å². The van der Waals surface area contributed by atoms with Crippen molar-refractivity contribution in [1.29, 1.82) is 5.41 Å². The third-order valence-electron chi connectivity index (χ3n) is 5.45. The maximum absolute atomic E-state index is 13.0. The van der Waals surface area contributed by atoms with Gasteiger partial charge in [-0.05, 0) is 25.5 Å². The van der Waals surface area contributed by atoms with Gasteiger partial charge in [-0.3, -0.25) is 4.79 Å². The van der Waals surface area contributed by atoms with Gasteiger partial charge in [-0.2, -0.15) is 13.2 Å². The van der Waals surface area contributed by atoms with Crippen LogP contribution < -0.4 is 26.1 Å². The summed E-state index contributed by atoms with van der Waals surface area (Å²) in [5.41, 5.74) is 7.36. The van der Waals surface area contributed by atoms with Crippen LogP contribution in [0, 0.1) is 5.41 Å². The van der Waals surface area contributed by atoms with E-state index < -0.39 is 12.6 Å². The summed E-state index contributed by atoms with van der Waals surface area (Å²) >= 11 is 0. The molecule has 0 aliphatic rings. The van der Waals surface area contributed by atoms with Crippen LogP contribution in [-0.4, -0.2) is 52.2 Å². The van der Waals surface area contributed by atoms with Crippen LogP contribution in [0.15, 0.2) is 41.6 Å². The molecule has 38 heavy (non-hydrogen) atoms. The molecule has 0 aliphatic heterocycles. The molecule has 202 valence electrons. The van der Waals surface area contributed by atoms with Crippen molar-refractivity contribution >= 4 is 17.1 Å². The van der Waals surface area contributed by atoms with E-state index in [1.165, 1.54) is 44.3 Å². The summed E-state index contributed by atoms with van der Waals surface area (Å²) in [6.45, 7) is 1.57. The first-order valence-electron chi connectivity index (χ1n) is 11.4. The van der Waals surface area contributed by atoms with Crippen LogP contribution in [-0.2, 0) is 7.05 Å². The molecular formula is C25H28F3N7O3. The predicted molar refractivity (Wildman–Crippen MR) is 138 cm³/mol. The standard InChI is InChI=1S/C25H28F3N7O3/c1-14(29)18(11-31-7-5-6-25(26,27)28)19-12-32-23(30)22(33-19)20-13-35(2)24(36)21(34-20)15-8-16(37-3)10-17(9-15)38-4/h8-13,29,31H,5-7H2,1-4H3,(H2,30,32)/b18-11+,29-14?. The lowest BCUT2D eigenvalue weighted by Gasteiger charge is -2.13. The maximum Gasteiger partial charge on any atom is 0.389 e. The Labute approximate surface area is 216 Å². The van der Waals surface area contributed by atoms with E-state index >= 15 is 0 Å². The number of aryl methyl sites for hydroxylation is 1. The largest absolute Gasteiger partial charge is 0.497 e. The number of nitrogens with one attached hydrogen (secondary N) is 2. The van der Waals surface area contributed by atoms with Crippen molar-refractivity contribution in [3.05, 3.63) is 52.8 Å². The summed E-state index contributed by atoms with van der Waals surface area (Å²) in [4.78, 5) is 26.2. The second-order valence-electron chi connectivity index (χ2n) is 8.34. The van der Waals surface area contributed by atoms with Gasteiger partial charge in [-0.25, -0.2) is 15.0 Å². The first-order valence-corrected chi connectivity index (χ1v) is 11.4. The molecule has 0 spiro atoms. The molecule has 2 heterocycles. The molecule has 10 nitrogen and oxygen atoms in total. The van der Waals surface area contributed by atoms with E-state index in [4.69, 9.17) is 20.6 Å². The first-order chi connectivity index (χ1) is 17.9. The van der Waals surface area contributed by atoms with Crippen molar-refractivity contribution < 1.29 is 22.6 Å². The van der Waals surface area contributed by atoms with E-state index in [1.807, 2.05) is 0 Å². The number of allylic oxidation sites excluding steroid dienone is 1. The van der Waals surface area contributed by atoms with Crippen molar-refractivity contribution in [2.45, 2.75) is 25.9 Å². The number of hydrogen-bond acceptors (Lipinski definition) is 9. The number of anilines is 1. The summed E-state index contributed by atoms with van der Waals surface area (Å²) in [6.07, 6.45) is -1.04. The molecule has 0 aliphatic carbocycles. The Bertz CT molecular complexity index is 1400. The van der Waals surface area contributed by atoms with E-state index in [-0.39, 0.29) is 52.8 Å². The van der Waals surface area contributed by atoms with Crippen LogP contribution in [0.5, 0.6) is 11.5 Å². The van der Waals surface area contributed by atoms with Gasteiger partial charge in [0.05, 0.1) is 26.1 Å². The molecule has 1 aromatic carbocycles. The second-order valence-corrected chi connectivity index (χ2v) is 8.34. The molecule has 3 rings (SSSR count). The Morgan fingerprint density at radius 2 is 1.82 bits per heavy atom. The van der Waals surface area contributed by atoms with Crippen molar-refractivity contribution in [3.8, 4) is 34.1 Å². The fourth-order valence-electron chi connectivity index (χ4n) is 3.51. The normalized spacial score (nSPS) is 11.8. The van der Waals surface area contributed by atoms with Gasteiger partial charge in [0.25, 0.3) is 5.56 Å². The highest BCUT2D eigenvalue weighted by molar-refractivity contribution is 6.20. The molecule has 2 aromatic heterocycles. The number of rotatable bonds is 10. The van der Waals surface area contributed by atoms with E-state index in [1.54, 1.807) is 25.2 Å². The first kappa shape index (κ1) is 28.2.